The summed E-state index contributed by atoms with van der Waals surface area (Å²) < 4.78 is 5.30. The molecule has 1 aromatic rings. The lowest BCUT2D eigenvalue weighted by Crippen LogP contribution is -2.28. The highest BCUT2D eigenvalue weighted by molar-refractivity contribution is 5.92. The van der Waals surface area contributed by atoms with Crippen LogP contribution in [0.2, 0.25) is 0 Å². The van der Waals surface area contributed by atoms with Crippen molar-refractivity contribution in [2.45, 2.75) is 38.5 Å². The molecule has 2 saturated heterocycles. The molecule has 22 heavy (non-hydrogen) atoms. The Kier molecular flexibility index (Phi) is 5.27. The number of carbonyl (C=O) groups excluding carboxylic acids is 1. The van der Waals surface area contributed by atoms with Crippen LogP contribution in [0.1, 0.15) is 38.5 Å². The van der Waals surface area contributed by atoms with E-state index in [1.165, 1.54) is 25.7 Å². The smallest absolute Gasteiger partial charge is 0.227 e. The van der Waals surface area contributed by atoms with Gasteiger partial charge < -0.3 is 15.0 Å². The molecular formula is C17H25N3O2. The molecule has 0 bridgehead atoms. The predicted octanol–water partition coefficient (Wildman–Crippen LogP) is 2.83. The fourth-order valence-corrected chi connectivity index (χ4v) is 3.15. The molecule has 2 aliphatic heterocycles. The van der Waals surface area contributed by atoms with Gasteiger partial charge in [-0.1, -0.05) is 12.8 Å². The average molecular weight is 303 g/mol. The Morgan fingerprint density at radius 3 is 2.50 bits per heavy atom. The quantitative estimate of drug-likeness (QED) is 0.933. The lowest BCUT2D eigenvalue weighted by molar-refractivity contribution is -0.122. The Balaban J connectivity index is 1.57. The molecule has 1 aromatic heterocycles. The number of nitrogens with one attached hydrogen (secondary N) is 1. The summed E-state index contributed by atoms with van der Waals surface area (Å²) in [6.45, 7) is 3.54. The molecule has 0 unspecified atom stereocenters. The monoisotopic (exact) mass is 303 g/mol. The van der Waals surface area contributed by atoms with Crippen molar-refractivity contribution in [2.75, 3.05) is 36.5 Å². The molecule has 3 heterocycles. The maximum Gasteiger partial charge on any atom is 0.227 e. The molecule has 2 aliphatic rings. The highest BCUT2D eigenvalue weighted by Crippen LogP contribution is 2.20. The van der Waals surface area contributed by atoms with E-state index >= 15 is 0 Å². The number of nitrogens with zero attached hydrogens (tertiary/aromatic N) is 2. The largest absolute Gasteiger partial charge is 0.381 e. The van der Waals surface area contributed by atoms with E-state index in [0.29, 0.717) is 13.2 Å². The van der Waals surface area contributed by atoms with Crippen LogP contribution in [0, 0.1) is 5.92 Å². The van der Waals surface area contributed by atoms with Gasteiger partial charge in [-0.05, 0) is 37.8 Å². The lowest BCUT2D eigenvalue weighted by Gasteiger charge is -2.22. The van der Waals surface area contributed by atoms with Crippen LogP contribution in [0.3, 0.4) is 0 Å². The molecule has 0 spiro atoms. The molecule has 5 nitrogen and oxygen atoms in total. The summed E-state index contributed by atoms with van der Waals surface area (Å²) in [5.74, 6) is 1.18. The first-order valence-electron chi connectivity index (χ1n) is 8.42. The van der Waals surface area contributed by atoms with E-state index in [0.717, 1.165) is 37.4 Å². The number of ether oxygens (including phenoxy) is 1. The molecule has 0 radical (unpaired) electrons. The number of hydrogen-bond acceptors (Lipinski definition) is 4. The Morgan fingerprint density at radius 2 is 1.86 bits per heavy atom. The number of amides is 1. The molecule has 2 fully saturated rings. The maximum absolute atomic E-state index is 12.2. The normalized spacial score (nSPS) is 20.5. The predicted molar refractivity (Wildman–Crippen MR) is 87.1 cm³/mol. The summed E-state index contributed by atoms with van der Waals surface area (Å²) in [5, 5.41) is 2.98. The highest BCUT2D eigenvalue weighted by atomic mass is 16.5. The van der Waals surface area contributed by atoms with Gasteiger partial charge in [0.2, 0.25) is 5.91 Å². The van der Waals surface area contributed by atoms with E-state index in [1.807, 2.05) is 12.1 Å². The van der Waals surface area contributed by atoms with Crippen molar-refractivity contribution in [3.05, 3.63) is 18.3 Å². The summed E-state index contributed by atoms with van der Waals surface area (Å²) in [7, 11) is 0. The van der Waals surface area contributed by atoms with Gasteiger partial charge in [-0.2, -0.15) is 0 Å². The number of anilines is 2. The van der Waals surface area contributed by atoms with Gasteiger partial charge in [-0.15, -0.1) is 0 Å². The Hall–Kier alpha value is -1.62. The summed E-state index contributed by atoms with van der Waals surface area (Å²) in [6, 6.07) is 3.98. The van der Waals surface area contributed by atoms with Gasteiger partial charge in [0.25, 0.3) is 0 Å². The molecule has 1 amide bonds. The second kappa shape index (κ2) is 7.58. The van der Waals surface area contributed by atoms with Crippen molar-refractivity contribution in [1.82, 2.24) is 4.98 Å². The van der Waals surface area contributed by atoms with Crippen LogP contribution in [0.5, 0.6) is 0 Å². The lowest BCUT2D eigenvalue weighted by atomic mass is 9.99. The third-order valence-corrected chi connectivity index (χ3v) is 4.54. The molecule has 0 atom stereocenters. The summed E-state index contributed by atoms with van der Waals surface area (Å²) in [5.41, 5.74) is 0.787. The highest BCUT2D eigenvalue weighted by Gasteiger charge is 2.21. The summed E-state index contributed by atoms with van der Waals surface area (Å²) >= 11 is 0. The van der Waals surface area contributed by atoms with E-state index in [2.05, 4.69) is 15.2 Å². The zero-order valence-electron chi connectivity index (χ0n) is 13.1. The van der Waals surface area contributed by atoms with Gasteiger partial charge in [0.15, 0.2) is 0 Å². The number of pyridine rings is 1. The molecule has 0 aliphatic carbocycles. The minimum absolute atomic E-state index is 0.0685. The second-order valence-corrected chi connectivity index (χ2v) is 6.18. The summed E-state index contributed by atoms with van der Waals surface area (Å²) in [6.07, 6.45) is 8.51. The van der Waals surface area contributed by atoms with Gasteiger partial charge in [0.05, 0.1) is 11.9 Å². The van der Waals surface area contributed by atoms with Gasteiger partial charge in [0.1, 0.15) is 5.82 Å². The molecular weight excluding hydrogens is 278 g/mol. The van der Waals surface area contributed by atoms with Gasteiger partial charge in [-0.25, -0.2) is 4.98 Å². The molecule has 0 aromatic carbocycles. The average Bonchev–Trinajstić information content (AvgIpc) is 2.86. The van der Waals surface area contributed by atoms with Crippen molar-refractivity contribution in [2.24, 2.45) is 5.92 Å². The molecule has 3 rings (SSSR count). The number of aromatic nitrogens is 1. The van der Waals surface area contributed by atoms with Crippen LogP contribution in [-0.2, 0) is 9.53 Å². The van der Waals surface area contributed by atoms with Crippen molar-refractivity contribution in [3.8, 4) is 0 Å². The van der Waals surface area contributed by atoms with Crippen molar-refractivity contribution in [1.29, 1.82) is 0 Å². The SMILES string of the molecule is O=C(Nc1ccc(N2CCCCCC2)nc1)C1CCOCC1. The molecule has 120 valence electrons. The second-order valence-electron chi connectivity index (χ2n) is 6.18. The molecule has 0 saturated carbocycles. The van der Waals surface area contributed by atoms with Gasteiger partial charge >= 0.3 is 0 Å². The van der Waals surface area contributed by atoms with Crippen molar-refractivity contribution in [3.63, 3.8) is 0 Å². The van der Waals surface area contributed by atoms with E-state index in [-0.39, 0.29) is 11.8 Å². The van der Waals surface area contributed by atoms with Gasteiger partial charge in [-0.3, -0.25) is 4.79 Å². The number of carbonyl (C=O) groups is 1. The Labute approximate surface area is 132 Å². The fraction of sp³-hybridized carbons (Fsp3) is 0.647. The Bertz CT molecular complexity index is 475. The van der Waals surface area contributed by atoms with Crippen LogP contribution in [0.25, 0.3) is 0 Å². The molecule has 1 N–H and O–H groups in total. The third kappa shape index (κ3) is 3.97. The van der Waals surface area contributed by atoms with Crippen molar-refractivity contribution < 1.29 is 9.53 Å². The van der Waals surface area contributed by atoms with E-state index < -0.39 is 0 Å². The topological polar surface area (TPSA) is 54.5 Å². The van der Waals surface area contributed by atoms with Crippen LogP contribution in [0.4, 0.5) is 11.5 Å². The fourth-order valence-electron chi connectivity index (χ4n) is 3.15. The van der Waals surface area contributed by atoms with E-state index in [1.54, 1.807) is 6.20 Å². The van der Waals surface area contributed by atoms with E-state index in [9.17, 15) is 4.79 Å². The minimum Gasteiger partial charge on any atom is -0.381 e. The molecule has 5 heteroatoms. The first-order chi connectivity index (χ1) is 10.8. The Morgan fingerprint density at radius 1 is 1.14 bits per heavy atom. The van der Waals surface area contributed by atoms with Crippen LogP contribution in [-0.4, -0.2) is 37.2 Å². The zero-order chi connectivity index (χ0) is 15.2. The minimum atomic E-state index is 0.0685. The van der Waals surface area contributed by atoms with E-state index in [4.69, 9.17) is 4.74 Å². The zero-order valence-corrected chi connectivity index (χ0v) is 13.1. The van der Waals surface area contributed by atoms with Crippen molar-refractivity contribution >= 4 is 17.4 Å². The number of rotatable bonds is 3. The maximum atomic E-state index is 12.2. The third-order valence-electron chi connectivity index (χ3n) is 4.54. The standard InChI is InChI=1S/C17H25N3O2/c21-17(14-7-11-22-12-8-14)19-15-5-6-16(18-13-15)20-9-3-1-2-4-10-20/h5-6,13-14H,1-4,7-12H2,(H,19,21). The van der Waals surface area contributed by atoms with Crippen LogP contribution < -0.4 is 10.2 Å². The first kappa shape index (κ1) is 15.3. The number of hydrogen-bond donors (Lipinski definition) is 1. The van der Waals surface area contributed by atoms with Gasteiger partial charge in [0, 0.05) is 32.2 Å². The van der Waals surface area contributed by atoms with Crippen LogP contribution in [0.15, 0.2) is 18.3 Å². The summed E-state index contributed by atoms with van der Waals surface area (Å²) in [4.78, 5) is 19.1. The van der Waals surface area contributed by atoms with Crippen LogP contribution >= 0.6 is 0 Å². The first-order valence-corrected chi connectivity index (χ1v) is 8.42.